The van der Waals surface area contributed by atoms with Crippen LogP contribution < -0.4 is 10.6 Å². The van der Waals surface area contributed by atoms with Crippen molar-refractivity contribution >= 4 is 22.4 Å². The number of thiazole rings is 1. The molecular weight excluding hydrogens is 248 g/mol. The van der Waals surface area contributed by atoms with Crippen molar-refractivity contribution in [2.24, 2.45) is 5.73 Å². The Bertz CT molecular complexity index is 410. The van der Waals surface area contributed by atoms with Crippen LogP contribution in [0.5, 0.6) is 0 Å². The maximum atomic E-state index is 11.8. The van der Waals surface area contributed by atoms with Gasteiger partial charge < -0.3 is 15.5 Å². The maximum Gasteiger partial charge on any atom is 0.239 e. The second-order valence-electron chi connectivity index (χ2n) is 4.56. The number of aryl methyl sites for hydroxylation is 1. The molecule has 0 unspecified atom stereocenters. The number of carbonyl (C=O) groups excluding carboxylic acids is 1. The molecule has 2 rings (SSSR count). The van der Waals surface area contributed by atoms with E-state index in [1.165, 1.54) is 4.88 Å². The number of nitrogens with two attached hydrogens (primary N) is 1. The lowest BCUT2D eigenvalue weighted by atomic mass is 10.2. The summed E-state index contributed by atoms with van der Waals surface area (Å²) in [5.74, 6) is 0.0445. The van der Waals surface area contributed by atoms with E-state index < -0.39 is 6.04 Å². The highest BCUT2D eigenvalue weighted by molar-refractivity contribution is 7.15. The summed E-state index contributed by atoms with van der Waals surface area (Å²) in [5.41, 5.74) is 5.62. The molecule has 1 saturated heterocycles. The van der Waals surface area contributed by atoms with Crippen LogP contribution in [0, 0.1) is 0 Å². The molecule has 1 aromatic rings. The van der Waals surface area contributed by atoms with Crippen molar-refractivity contribution in [1.29, 1.82) is 0 Å². The van der Waals surface area contributed by atoms with Crippen molar-refractivity contribution < 1.29 is 4.79 Å². The zero-order chi connectivity index (χ0) is 13.1. The first-order chi connectivity index (χ1) is 8.61. The molecule has 18 heavy (non-hydrogen) atoms. The molecule has 100 valence electrons. The molecule has 5 nitrogen and oxygen atoms in total. The van der Waals surface area contributed by atoms with Crippen LogP contribution in [0.3, 0.4) is 0 Å². The molecule has 0 aromatic carbocycles. The first kappa shape index (κ1) is 13.3. The lowest BCUT2D eigenvalue weighted by Crippen LogP contribution is -2.52. The smallest absolute Gasteiger partial charge is 0.239 e. The molecular formula is C12H20N4OS. The number of piperazine rings is 1. The topological polar surface area (TPSA) is 62.5 Å². The van der Waals surface area contributed by atoms with Gasteiger partial charge in [-0.2, -0.15) is 0 Å². The Kier molecular flexibility index (Phi) is 4.19. The number of carbonyl (C=O) groups is 1. The third-order valence-electron chi connectivity index (χ3n) is 3.14. The number of amides is 1. The normalized spacial score (nSPS) is 17.9. The van der Waals surface area contributed by atoms with Crippen LogP contribution in [0.1, 0.15) is 18.7 Å². The number of hydrogen-bond donors (Lipinski definition) is 1. The highest BCUT2D eigenvalue weighted by Crippen LogP contribution is 2.23. The minimum absolute atomic E-state index is 0.0445. The Hall–Kier alpha value is -1.14. The van der Waals surface area contributed by atoms with E-state index in [2.05, 4.69) is 16.8 Å². The zero-order valence-corrected chi connectivity index (χ0v) is 11.7. The van der Waals surface area contributed by atoms with Crippen LogP contribution in [-0.4, -0.2) is 48.0 Å². The Balaban J connectivity index is 1.92. The highest BCUT2D eigenvalue weighted by atomic mass is 32.1. The van der Waals surface area contributed by atoms with Crippen molar-refractivity contribution in [3.8, 4) is 0 Å². The van der Waals surface area contributed by atoms with Gasteiger partial charge >= 0.3 is 0 Å². The van der Waals surface area contributed by atoms with Crippen LogP contribution in [0.25, 0.3) is 0 Å². The van der Waals surface area contributed by atoms with E-state index in [0.717, 1.165) is 37.7 Å². The van der Waals surface area contributed by atoms with Gasteiger partial charge in [0, 0.05) is 37.3 Å². The fraction of sp³-hybridized carbons (Fsp3) is 0.667. The molecule has 0 bridgehead atoms. The molecule has 1 aromatic heterocycles. The molecule has 0 radical (unpaired) electrons. The van der Waals surface area contributed by atoms with Gasteiger partial charge in [0.2, 0.25) is 5.91 Å². The van der Waals surface area contributed by atoms with E-state index in [9.17, 15) is 4.79 Å². The van der Waals surface area contributed by atoms with E-state index in [-0.39, 0.29) is 5.91 Å². The van der Waals surface area contributed by atoms with E-state index in [0.29, 0.717) is 0 Å². The third-order valence-corrected chi connectivity index (χ3v) is 4.34. The van der Waals surface area contributed by atoms with E-state index in [1.807, 2.05) is 11.1 Å². The molecule has 0 spiro atoms. The number of aromatic nitrogens is 1. The maximum absolute atomic E-state index is 11.8. The van der Waals surface area contributed by atoms with Crippen molar-refractivity contribution in [2.75, 3.05) is 31.1 Å². The summed E-state index contributed by atoms with van der Waals surface area (Å²) in [4.78, 5) is 21.6. The molecule has 6 heteroatoms. The van der Waals surface area contributed by atoms with Gasteiger partial charge in [-0.15, -0.1) is 11.3 Å². The molecule has 1 fully saturated rings. The SMILES string of the molecule is CCc1cnc(N2CCN(C(=O)[C@@H](C)N)CC2)s1. The second kappa shape index (κ2) is 5.67. The van der Waals surface area contributed by atoms with Crippen molar-refractivity contribution in [2.45, 2.75) is 26.3 Å². The Morgan fingerprint density at radius 2 is 2.17 bits per heavy atom. The van der Waals surface area contributed by atoms with Gasteiger partial charge in [-0.1, -0.05) is 6.92 Å². The van der Waals surface area contributed by atoms with Gasteiger partial charge in [-0.3, -0.25) is 4.79 Å². The summed E-state index contributed by atoms with van der Waals surface area (Å²) >= 11 is 1.74. The van der Waals surface area contributed by atoms with Crippen molar-refractivity contribution in [1.82, 2.24) is 9.88 Å². The molecule has 1 amide bonds. The lowest BCUT2D eigenvalue weighted by molar-refractivity contribution is -0.132. The van der Waals surface area contributed by atoms with Crippen LogP contribution in [0.4, 0.5) is 5.13 Å². The summed E-state index contributed by atoms with van der Waals surface area (Å²) in [5, 5.41) is 1.07. The zero-order valence-electron chi connectivity index (χ0n) is 10.9. The molecule has 1 atom stereocenters. The largest absolute Gasteiger partial charge is 0.345 e. The van der Waals surface area contributed by atoms with Gasteiger partial charge in [0.25, 0.3) is 0 Å². The van der Waals surface area contributed by atoms with Gasteiger partial charge in [0.1, 0.15) is 0 Å². The molecule has 0 aliphatic carbocycles. The van der Waals surface area contributed by atoms with E-state index >= 15 is 0 Å². The first-order valence-electron chi connectivity index (χ1n) is 6.35. The summed E-state index contributed by atoms with van der Waals surface area (Å²) in [6.45, 7) is 7.03. The summed E-state index contributed by atoms with van der Waals surface area (Å²) < 4.78 is 0. The molecule has 2 heterocycles. The van der Waals surface area contributed by atoms with E-state index in [4.69, 9.17) is 5.73 Å². The number of hydrogen-bond acceptors (Lipinski definition) is 5. The Morgan fingerprint density at radius 3 is 2.67 bits per heavy atom. The van der Waals surface area contributed by atoms with Gasteiger partial charge in [-0.05, 0) is 13.3 Å². The summed E-state index contributed by atoms with van der Waals surface area (Å²) in [7, 11) is 0. The number of nitrogens with zero attached hydrogens (tertiary/aromatic N) is 3. The van der Waals surface area contributed by atoms with Crippen LogP contribution in [0.15, 0.2) is 6.20 Å². The Morgan fingerprint density at radius 1 is 1.50 bits per heavy atom. The fourth-order valence-corrected chi connectivity index (χ4v) is 2.91. The van der Waals surface area contributed by atoms with Crippen molar-refractivity contribution in [3.63, 3.8) is 0 Å². The van der Waals surface area contributed by atoms with Gasteiger partial charge in [0.05, 0.1) is 6.04 Å². The third kappa shape index (κ3) is 2.81. The Labute approximate surface area is 112 Å². The second-order valence-corrected chi connectivity index (χ2v) is 5.66. The van der Waals surface area contributed by atoms with Crippen LogP contribution in [0.2, 0.25) is 0 Å². The summed E-state index contributed by atoms with van der Waals surface area (Å²) in [6, 6.07) is -0.400. The molecule has 1 aliphatic heterocycles. The average molecular weight is 268 g/mol. The monoisotopic (exact) mass is 268 g/mol. The minimum atomic E-state index is -0.400. The summed E-state index contributed by atoms with van der Waals surface area (Å²) in [6.07, 6.45) is 2.97. The number of rotatable bonds is 3. The quantitative estimate of drug-likeness (QED) is 0.876. The van der Waals surface area contributed by atoms with Gasteiger partial charge in [0.15, 0.2) is 5.13 Å². The average Bonchev–Trinajstić information content (AvgIpc) is 2.86. The van der Waals surface area contributed by atoms with E-state index in [1.54, 1.807) is 18.3 Å². The fourth-order valence-electron chi connectivity index (χ4n) is 2.01. The van der Waals surface area contributed by atoms with Crippen molar-refractivity contribution in [3.05, 3.63) is 11.1 Å². The predicted molar refractivity (Wildman–Crippen MR) is 73.9 cm³/mol. The number of anilines is 1. The van der Waals surface area contributed by atoms with Crippen LogP contribution in [-0.2, 0) is 11.2 Å². The van der Waals surface area contributed by atoms with Gasteiger partial charge in [-0.25, -0.2) is 4.98 Å². The molecule has 2 N–H and O–H groups in total. The highest BCUT2D eigenvalue weighted by Gasteiger charge is 2.24. The minimum Gasteiger partial charge on any atom is -0.345 e. The lowest BCUT2D eigenvalue weighted by Gasteiger charge is -2.35. The van der Waals surface area contributed by atoms with Crippen LogP contribution >= 0.6 is 11.3 Å². The molecule has 1 aliphatic rings. The first-order valence-corrected chi connectivity index (χ1v) is 7.17. The predicted octanol–water partition coefficient (Wildman–Crippen LogP) is 0.701. The molecule has 0 saturated carbocycles. The standard InChI is InChI=1S/C12H20N4OS/c1-3-10-8-14-12(18-10)16-6-4-15(5-7-16)11(17)9(2)13/h8-9H,3-7,13H2,1-2H3/t9-/m1/s1.